The lowest BCUT2D eigenvalue weighted by Gasteiger charge is -2.59. The number of aliphatic carboxylic acids is 1. The summed E-state index contributed by atoms with van der Waals surface area (Å²) in [6, 6.07) is -1.45. The Balaban J connectivity index is 1.40. The van der Waals surface area contributed by atoms with E-state index in [1.807, 2.05) is 13.8 Å². The minimum absolute atomic E-state index is 0.00133. The van der Waals surface area contributed by atoms with Gasteiger partial charge in [0.1, 0.15) is 0 Å². The molecule has 0 aromatic rings. The molecule has 1 saturated carbocycles. The van der Waals surface area contributed by atoms with Crippen LogP contribution in [-0.4, -0.2) is 64.2 Å². The van der Waals surface area contributed by atoms with Gasteiger partial charge in [-0.15, -0.1) is 0 Å². The average molecular weight is 486 g/mol. The van der Waals surface area contributed by atoms with Crippen molar-refractivity contribution >= 4 is 17.8 Å². The number of fused-ring (bicyclic) bond motifs is 2. The van der Waals surface area contributed by atoms with Gasteiger partial charge in [0.2, 0.25) is 18.0 Å². The molecule has 0 radical (unpaired) electrons. The molecule has 4 aliphatic heterocycles. The minimum atomic E-state index is -1.45. The Bertz CT molecular complexity index is 820. The van der Waals surface area contributed by atoms with Crippen molar-refractivity contribution in [2.45, 2.75) is 102 Å². The number of carbonyl (C=O) groups excluding carboxylic acids is 2. The molecular weight excluding hydrogens is 450 g/mol. The molecule has 0 aromatic carbocycles. The first-order chi connectivity index (χ1) is 16.0. The lowest BCUT2D eigenvalue weighted by Crippen LogP contribution is -2.70. The number of carboxylic acids is 1. The molecule has 1 spiro atoms. The van der Waals surface area contributed by atoms with Crippen LogP contribution in [0.4, 0.5) is 0 Å². The van der Waals surface area contributed by atoms with Crippen LogP contribution >= 0.6 is 0 Å². The maximum atomic E-state index is 12.5. The summed E-state index contributed by atoms with van der Waals surface area (Å²) in [5.41, 5.74) is -0.761. The number of rotatable bonds is 7. The van der Waals surface area contributed by atoms with Crippen molar-refractivity contribution in [3.8, 4) is 0 Å². The third kappa shape index (κ3) is 4.44. The van der Waals surface area contributed by atoms with Crippen molar-refractivity contribution in [2.24, 2.45) is 23.7 Å². The summed E-state index contributed by atoms with van der Waals surface area (Å²) in [4.78, 5) is 47.6. The van der Waals surface area contributed by atoms with Crippen LogP contribution in [0.3, 0.4) is 0 Å². The second-order valence-corrected chi connectivity index (χ2v) is 10.4. The van der Waals surface area contributed by atoms with Crippen molar-refractivity contribution in [3.05, 3.63) is 0 Å². The van der Waals surface area contributed by atoms with Crippen LogP contribution in [0.25, 0.3) is 0 Å². The van der Waals surface area contributed by atoms with Crippen LogP contribution in [0, 0.1) is 23.7 Å². The third-order valence-corrected chi connectivity index (χ3v) is 7.97. The largest absolute Gasteiger partial charge is 0.480 e. The minimum Gasteiger partial charge on any atom is -0.480 e. The number of hydrogen-bond donors (Lipinski definition) is 3. The molecule has 2 bridgehead atoms. The SMILES string of the molecule is C[C@H]1[C@H](OC(=O)CCC(=O)N[C@@H](C(=O)O)[C@@H](C)O)O[C@@H]2O[C@]3(C)CC[C@H]4[C@H](C)CC[C@@H]1[C@@]24OO3. The van der Waals surface area contributed by atoms with E-state index < -0.39 is 54.0 Å². The second-order valence-electron chi connectivity index (χ2n) is 10.4. The number of aliphatic hydroxyl groups is 1. The Labute approximate surface area is 198 Å². The molecule has 1 amide bonds. The van der Waals surface area contributed by atoms with Crippen LogP contribution in [0.2, 0.25) is 0 Å². The van der Waals surface area contributed by atoms with E-state index in [1.165, 1.54) is 6.92 Å². The van der Waals surface area contributed by atoms with Gasteiger partial charge in [0.05, 0.1) is 12.5 Å². The predicted molar refractivity (Wildman–Crippen MR) is 113 cm³/mol. The fourth-order valence-corrected chi connectivity index (χ4v) is 6.05. The van der Waals surface area contributed by atoms with Crippen LogP contribution in [0.1, 0.15) is 66.2 Å². The number of nitrogens with one attached hydrogen (secondary N) is 1. The second kappa shape index (κ2) is 9.34. The third-order valence-electron chi connectivity index (χ3n) is 7.97. The van der Waals surface area contributed by atoms with Gasteiger partial charge in [0, 0.05) is 24.7 Å². The van der Waals surface area contributed by atoms with Gasteiger partial charge in [0.15, 0.2) is 17.9 Å². The van der Waals surface area contributed by atoms with Crippen LogP contribution in [0.15, 0.2) is 0 Å². The zero-order valence-electron chi connectivity index (χ0n) is 20.0. The van der Waals surface area contributed by atoms with E-state index in [4.69, 9.17) is 29.1 Å². The molecule has 5 aliphatic rings. The zero-order valence-corrected chi connectivity index (χ0v) is 20.0. The molecule has 3 N–H and O–H groups in total. The highest BCUT2D eigenvalue weighted by Gasteiger charge is 2.69. The van der Waals surface area contributed by atoms with E-state index in [0.717, 1.165) is 19.3 Å². The first kappa shape index (κ1) is 25.3. The number of carboxylic acid groups (broad SMARTS) is 1. The van der Waals surface area contributed by atoms with Crippen molar-refractivity contribution in [1.29, 1.82) is 0 Å². The molecule has 4 saturated heterocycles. The van der Waals surface area contributed by atoms with Gasteiger partial charge >= 0.3 is 11.9 Å². The molecule has 0 unspecified atom stereocenters. The Hall–Kier alpha value is -1.79. The Morgan fingerprint density at radius 3 is 2.53 bits per heavy atom. The highest BCUT2D eigenvalue weighted by Crippen LogP contribution is 2.60. The molecule has 4 heterocycles. The molecule has 34 heavy (non-hydrogen) atoms. The number of hydrogen-bond acceptors (Lipinski definition) is 9. The predicted octanol–water partition coefficient (Wildman–Crippen LogP) is 1.47. The topological polar surface area (TPSA) is 150 Å². The van der Waals surface area contributed by atoms with Crippen LogP contribution in [0.5, 0.6) is 0 Å². The molecule has 11 heteroatoms. The Morgan fingerprint density at radius 2 is 1.85 bits per heavy atom. The zero-order chi connectivity index (χ0) is 24.8. The van der Waals surface area contributed by atoms with Gasteiger partial charge in [-0.05, 0) is 44.9 Å². The van der Waals surface area contributed by atoms with E-state index in [9.17, 15) is 19.5 Å². The normalized spacial score (nSPS) is 42.6. The van der Waals surface area contributed by atoms with Gasteiger partial charge in [-0.1, -0.05) is 13.8 Å². The van der Waals surface area contributed by atoms with E-state index in [2.05, 4.69) is 12.2 Å². The van der Waals surface area contributed by atoms with Gasteiger partial charge in [-0.3, -0.25) is 9.59 Å². The van der Waals surface area contributed by atoms with Crippen LogP contribution in [-0.2, 0) is 38.4 Å². The summed E-state index contributed by atoms with van der Waals surface area (Å²) in [6.45, 7) is 7.24. The standard InChI is InChI=1S/C23H35NO10/c1-11-5-6-15-12(2)20(30-17(27)8-7-16(26)24-18(13(3)25)19(28)29)31-21-23(15)14(11)9-10-22(4,32-21)33-34-23/h11-15,18,20-21,25H,5-10H2,1-4H3,(H,24,26)(H,28,29)/t11-,12-,13-,14+,15+,18-,20-,21-,22+,23-/m1/s1. The number of aliphatic hydroxyl groups excluding tert-OH is 1. The highest BCUT2D eigenvalue weighted by atomic mass is 17.3. The summed E-state index contributed by atoms with van der Waals surface area (Å²) >= 11 is 0. The summed E-state index contributed by atoms with van der Waals surface area (Å²) in [7, 11) is 0. The monoisotopic (exact) mass is 485 g/mol. The fraction of sp³-hybridized carbons (Fsp3) is 0.870. The number of amides is 1. The number of carbonyl (C=O) groups is 3. The summed E-state index contributed by atoms with van der Waals surface area (Å²) in [5.74, 6) is -3.19. The smallest absolute Gasteiger partial charge is 0.328 e. The summed E-state index contributed by atoms with van der Waals surface area (Å²) in [5, 5.41) is 20.8. The van der Waals surface area contributed by atoms with Gasteiger partial charge in [-0.2, -0.15) is 0 Å². The lowest BCUT2D eigenvalue weighted by atomic mass is 9.58. The Morgan fingerprint density at radius 1 is 1.12 bits per heavy atom. The molecule has 0 aromatic heterocycles. The molecule has 5 fully saturated rings. The van der Waals surface area contributed by atoms with E-state index in [-0.39, 0.29) is 30.6 Å². The van der Waals surface area contributed by atoms with Crippen molar-refractivity contribution in [1.82, 2.24) is 5.32 Å². The molecular formula is C23H35NO10. The molecule has 1 aliphatic carbocycles. The molecule has 5 rings (SSSR count). The summed E-state index contributed by atoms with van der Waals surface area (Å²) < 4.78 is 18.0. The molecule has 10 atom stereocenters. The average Bonchev–Trinajstić information content (AvgIpc) is 2.99. The molecule has 192 valence electrons. The number of esters is 1. The maximum absolute atomic E-state index is 12.5. The van der Waals surface area contributed by atoms with E-state index in [1.54, 1.807) is 0 Å². The van der Waals surface area contributed by atoms with Gasteiger partial charge < -0.3 is 29.7 Å². The first-order valence-electron chi connectivity index (χ1n) is 12.1. The fourth-order valence-electron chi connectivity index (χ4n) is 6.05. The highest BCUT2D eigenvalue weighted by molar-refractivity contribution is 5.86. The van der Waals surface area contributed by atoms with Crippen molar-refractivity contribution < 1.29 is 48.6 Å². The Kier molecular flexibility index (Phi) is 6.96. The lowest BCUT2D eigenvalue weighted by molar-refractivity contribution is -0.576. The quantitative estimate of drug-likeness (QED) is 0.357. The van der Waals surface area contributed by atoms with Crippen molar-refractivity contribution in [2.75, 3.05) is 0 Å². The van der Waals surface area contributed by atoms with E-state index in [0.29, 0.717) is 12.3 Å². The van der Waals surface area contributed by atoms with Crippen molar-refractivity contribution in [3.63, 3.8) is 0 Å². The van der Waals surface area contributed by atoms with E-state index >= 15 is 0 Å². The summed E-state index contributed by atoms with van der Waals surface area (Å²) in [6.07, 6.45) is 0.00572. The van der Waals surface area contributed by atoms with Gasteiger partial charge in [-0.25, -0.2) is 14.6 Å². The molecule has 11 nitrogen and oxygen atoms in total. The van der Waals surface area contributed by atoms with Crippen LogP contribution < -0.4 is 5.32 Å². The maximum Gasteiger partial charge on any atom is 0.328 e. The van der Waals surface area contributed by atoms with Gasteiger partial charge in [0.25, 0.3) is 0 Å². The number of ether oxygens (including phenoxy) is 3. The first-order valence-corrected chi connectivity index (χ1v) is 12.1.